The maximum absolute atomic E-state index is 12.2. The summed E-state index contributed by atoms with van der Waals surface area (Å²) in [5, 5.41) is 5.90. The fourth-order valence-corrected chi connectivity index (χ4v) is 2.72. The van der Waals surface area contributed by atoms with Gasteiger partial charge in [0.15, 0.2) is 0 Å². The highest BCUT2D eigenvalue weighted by atomic mass is 16.2. The van der Waals surface area contributed by atoms with Crippen LogP contribution in [0.3, 0.4) is 0 Å². The molecule has 1 fully saturated rings. The van der Waals surface area contributed by atoms with Crippen molar-refractivity contribution < 1.29 is 9.59 Å². The lowest BCUT2D eigenvalue weighted by Gasteiger charge is -2.32. The summed E-state index contributed by atoms with van der Waals surface area (Å²) in [6.07, 6.45) is 0. The summed E-state index contributed by atoms with van der Waals surface area (Å²) in [6.45, 7) is 12.0. The summed E-state index contributed by atoms with van der Waals surface area (Å²) < 4.78 is 0. The molecule has 0 saturated carbocycles. The summed E-state index contributed by atoms with van der Waals surface area (Å²) >= 11 is 0. The number of hydrogen-bond donors (Lipinski definition) is 2. The number of carbonyl (C=O) groups excluding carboxylic acids is 2. The second kappa shape index (κ2) is 9.14. The van der Waals surface area contributed by atoms with E-state index in [0.29, 0.717) is 18.7 Å². The lowest BCUT2D eigenvalue weighted by atomic mass is 9.95. The van der Waals surface area contributed by atoms with Crippen molar-refractivity contribution in [1.29, 1.82) is 0 Å². The molecule has 6 heteroatoms. The van der Waals surface area contributed by atoms with Crippen LogP contribution in [-0.4, -0.2) is 67.9 Å². The number of likely N-dealkylation sites (N-methyl/N-ethyl adjacent to an activating group) is 1. The molecule has 6 nitrogen and oxygen atoms in total. The molecule has 1 aromatic rings. The van der Waals surface area contributed by atoms with E-state index in [1.807, 2.05) is 45.0 Å². The molecule has 2 rings (SSSR count). The topological polar surface area (TPSA) is 64.7 Å². The van der Waals surface area contributed by atoms with Crippen LogP contribution in [0.5, 0.6) is 0 Å². The van der Waals surface area contributed by atoms with E-state index < -0.39 is 5.41 Å². The molecule has 0 aliphatic carbocycles. The van der Waals surface area contributed by atoms with E-state index in [-0.39, 0.29) is 11.8 Å². The van der Waals surface area contributed by atoms with E-state index in [0.717, 1.165) is 38.3 Å². The first-order valence-corrected chi connectivity index (χ1v) is 9.32. The van der Waals surface area contributed by atoms with Gasteiger partial charge in [-0.05, 0) is 24.7 Å². The van der Waals surface area contributed by atoms with Gasteiger partial charge >= 0.3 is 0 Å². The van der Waals surface area contributed by atoms with Crippen LogP contribution in [0.1, 0.15) is 36.7 Å². The first-order chi connectivity index (χ1) is 12.3. The Kier molecular flexibility index (Phi) is 7.17. The molecule has 0 radical (unpaired) electrons. The van der Waals surface area contributed by atoms with Crippen molar-refractivity contribution in [2.45, 2.75) is 27.3 Å². The number of piperazine rings is 1. The van der Waals surface area contributed by atoms with Gasteiger partial charge in [-0.1, -0.05) is 32.9 Å². The summed E-state index contributed by atoms with van der Waals surface area (Å²) in [6, 6.07) is 7.39. The number of amides is 2. The maximum atomic E-state index is 12.2. The molecular formula is C20H32N4O2. The van der Waals surface area contributed by atoms with Gasteiger partial charge in [0.2, 0.25) is 5.91 Å². The molecule has 144 valence electrons. The Morgan fingerprint density at radius 1 is 1.00 bits per heavy atom. The fourth-order valence-electron chi connectivity index (χ4n) is 2.72. The molecule has 2 N–H and O–H groups in total. The third-order valence-electron chi connectivity index (χ3n) is 4.66. The van der Waals surface area contributed by atoms with Gasteiger partial charge in [-0.15, -0.1) is 0 Å². The molecule has 1 aliphatic heterocycles. The molecule has 1 heterocycles. The number of benzene rings is 1. The smallest absolute Gasteiger partial charge is 0.251 e. The minimum absolute atomic E-state index is 0.0169. The minimum atomic E-state index is -0.399. The summed E-state index contributed by atoms with van der Waals surface area (Å²) in [5.74, 6) is -0.0346. The largest absolute Gasteiger partial charge is 0.352 e. The number of nitrogens with one attached hydrogen (secondary N) is 2. The average Bonchev–Trinajstić information content (AvgIpc) is 2.61. The Morgan fingerprint density at radius 2 is 1.62 bits per heavy atom. The van der Waals surface area contributed by atoms with Gasteiger partial charge in [0.1, 0.15) is 0 Å². The van der Waals surface area contributed by atoms with Gasteiger partial charge in [0.25, 0.3) is 5.91 Å². The highest BCUT2D eigenvalue weighted by molar-refractivity contribution is 5.94. The van der Waals surface area contributed by atoms with Gasteiger partial charge in [-0.25, -0.2) is 0 Å². The van der Waals surface area contributed by atoms with E-state index in [9.17, 15) is 9.59 Å². The summed E-state index contributed by atoms with van der Waals surface area (Å²) in [4.78, 5) is 28.8. The van der Waals surface area contributed by atoms with Crippen LogP contribution in [0.25, 0.3) is 0 Å². The zero-order valence-electron chi connectivity index (χ0n) is 16.5. The zero-order chi connectivity index (χ0) is 19.2. The zero-order valence-corrected chi connectivity index (χ0v) is 16.5. The highest BCUT2D eigenvalue weighted by Gasteiger charge is 2.20. The Hall–Kier alpha value is -1.92. The second-order valence-corrected chi connectivity index (χ2v) is 8.03. The molecule has 1 aliphatic rings. The van der Waals surface area contributed by atoms with E-state index in [1.54, 1.807) is 0 Å². The Labute approximate surface area is 156 Å². The molecular weight excluding hydrogens is 328 g/mol. The lowest BCUT2D eigenvalue weighted by Crippen LogP contribution is -2.46. The Balaban J connectivity index is 1.73. The standard InChI is InChI=1S/C20H32N4O2/c1-20(2,3)19(26)22-15-16-5-7-17(8-6-16)18(25)21-9-10-24-13-11-23(4)12-14-24/h5-8H,9-15H2,1-4H3,(H,21,25)(H,22,26). The molecule has 2 amide bonds. The van der Waals surface area contributed by atoms with Crippen LogP contribution in [0, 0.1) is 5.41 Å². The number of hydrogen-bond acceptors (Lipinski definition) is 4. The van der Waals surface area contributed by atoms with Crippen LogP contribution in [0.15, 0.2) is 24.3 Å². The first-order valence-electron chi connectivity index (χ1n) is 9.32. The van der Waals surface area contributed by atoms with Crippen molar-refractivity contribution in [3.8, 4) is 0 Å². The van der Waals surface area contributed by atoms with Gasteiger partial charge in [0, 0.05) is 56.8 Å². The second-order valence-electron chi connectivity index (χ2n) is 8.03. The van der Waals surface area contributed by atoms with Gasteiger partial charge in [-0.2, -0.15) is 0 Å². The molecule has 0 spiro atoms. The van der Waals surface area contributed by atoms with Crippen molar-refractivity contribution in [1.82, 2.24) is 20.4 Å². The van der Waals surface area contributed by atoms with Crippen molar-refractivity contribution >= 4 is 11.8 Å². The summed E-state index contributed by atoms with van der Waals surface area (Å²) in [5.41, 5.74) is 1.23. The fraction of sp³-hybridized carbons (Fsp3) is 0.600. The summed E-state index contributed by atoms with van der Waals surface area (Å²) in [7, 11) is 2.14. The molecule has 26 heavy (non-hydrogen) atoms. The molecule has 1 saturated heterocycles. The van der Waals surface area contributed by atoms with E-state index >= 15 is 0 Å². The monoisotopic (exact) mass is 360 g/mol. The molecule has 0 bridgehead atoms. The third-order valence-corrected chi connectivity index (χ3v) is 4.66. The van der Waals surface area contributed by atoms with Crippen molar-refractivity contribution in [3.63, 3.8) is 0 Å². The van der Waals surface area contributed by atoms with Gasteiger partial charge in [0.05, 0.1) is 0 Å². The van der Waals surface area contributed by atoms with Gasteiger partial charge in [-0.3, -0.25) is 14.5 Å². The molecule has 1 aromatic carbocycles. The van der Waals surface area contributed by atoms with Gasteiger partial charge < -0.3 is 15.5 Å². The van der Waals surface area contributed by atoms with Crippen LogP contribution in [0.2, 0.25) is 0 Å². The van der Waals surface area contributed by atoms with Crippen LogP contribution >= 0.6 is 0 Å². The van der Waals surface area contributed by atoms with E-state index in [2.05, 4.69) is 27.5 Å². The number of carbonyl (C=O) groups is 2. The Bertz CT molecular complexity index is 599. The maximum Gasteiger partial charge on any atom is 0.251 e. The van der Waals surface area contributed by atoms with Crippen LogP contribution in [-0.2, 0) is 11.3 Å². The molecule has 0 unspecified atom stereocenters. The quantitative estimate of drug-likeness (QED) is 0.803. The number of rotatable bonds is 6. The lowest BCUT2D eigenvalue weighted by molar-refractivity contribution is -0.128. The Morgan fingerprint density at radius 3 is 2.19 bits per heavy atom. The molecule has 0 aromatic heterocycles. The first kappa shape index (κ1) is 20.4. The molecule has 0 atom stereocenters. The van der Waals surface area contributed by atoms with Crippen molar-refractivity contribution in [2.24, 2.45) is 5.41 Å². The van der Waals surface area contributed by atoms with Crippen molar-refractivity contribution in [2.75, 3.05) is 46.3 Å². The average molecular weight is 361 g/mol. The SMILES string of the molecule is CN1CCN(CCNC(=O)c2ccc(CNC(=O)C(C)(C)C)cc2)CC1. The minimum Gasteiger partial charge on any atom is -0.352 e. The predicted octanol–water partition coefficient (Wildman–Crippen LogP) is 1.33. The predicted molar refractivity (Wildman–Crippen MR) is 104 cm³/mol. The van der Waals surface area contributed by atoms with Crippen LogP contribution < -0.4 is 10.6 Å². The van der Waals surface area contributed by atoms with Crippen molar-refractivity contribution in [3.05, 3.63) is 35.4 Å². The van der Waals surface area contributed by atoms with E-state index in [1.165, 1.54) is 0 Å². The normalized spacial score (nSPS) is 16.3. The number of nitrogens with zero attached hydrogens (tertiary/aromatic N) is 2. The highest BCUT2D eigenvalue weighted by Crippen LogP contribution is 2.13. The van der Waals surface area contributed by atoms with E-state index in [4.69, 9.17) is 0 Å². The van der Waals surface area contributed by atoms with Crippen LogP contribution in [0.4, 0.5) is 0 Å². The third kappa shape index (κ3) is 6.42.